The minimum absolute atomic E-state index is 0.0999. The van der Waals surface area contributed by atoms with Crippen LogP contribution in [0, 0.1) is 0 Å². The van der Waals surface area contributed by atoms with E-state index < -0.39 is 14.8 Å². The van der Waals surface area contributed by atoms with Gasteiger partial charge in [-0.3, -0.25) is 0 Å². The van der Waals surface area contributed by atoms with Crippen LogP contribution in [0.5, 0.6) is 0 Å². The molecular weight excluding hydrogens is 328 g/mol. The van der Waals surface area contributed by atoms with Crippen molar-refractivity contribution in [3.8, 4) is 0 Å². The SMILES string of the molecule is CC(O)(c1ccc(Br)cc1)S(=O)(=O)c1ccccc1. The number of sulfone groups is 1. The second kappa shape index (κ2) is 5.07. The Labute approximate surface area is 121 Å². The van der Waals surface area contributed by atoms with Crippen molar-refractivity contribution in [2.24, 2.45) is 0 Å². The highest BCUT2D eigenvalue weighted by Crippen LogP contribution is 2.33. The number of hydrogen-bond donors (Lipinski definition) is 1. The van der Waals surface area contributed by atoms with Crippen molar-refractivity contribution in [3.63, 3.8) is 0 Å². The molecule has 3 nitrogen and oxygen atoms in total. The summed E-state index contributed by atoms with van der Waals surface area (Å²) in [4.78, 5) is -1.86. The van der Waals surface area contributed by atoms with Gasteiger partial charge < -0.3 is 5.11 Å². The van der Waals surface area contributed by atoms with Crippen molar-refractivity contribution in [3.05, 3.63) is 64.6 Å². The zero-order valence-electron chi connectivity index (χ0n) is 10.2. The molecular formula is C14H13BrO3S. The molecule has 0 spiro atoms. The van der Waals surface area contributed by atoms with Gasteiger partial charge in [0.2, 0.25) is 9.84 Å². The fraction of sp³-hybridized carbons (Fsp3) is 0.143. The first kappa shape index (κ1) is 14.2. The lowest BCUT2D eigenvalue weighted by molar-refractivity contribution is 0.145. The number of hydrogen-bond acceptors (Lipinski definition) is 3. The number of benzene rings is 2. The third-order valence-corrected chi connectivity index (χ3v) is 5.66. The maximum absolute atomic E-state index is 12.5. The zero-order chi connectivity index (χ0) is 14.1. The molecule has 19 heavy (non-hydrogen) atoms. The van der Waals surface area contributed by atoms with Gasteiger partial charge in [-0.25, -0.2) is 8.42 Å². The van der Waals surface area contributed by atoms with Crippen LogP contribution in [-0.4, -0.2) is 13.5 Å². The Morgan fingerprint density at radius 3 is 2.05 bits per heavy atom. The minimum atomic E-state index is -3.86. The Hall–Kier alpha value is -1.17. The average molecular weight is 341 g/mol. The van der Waals surface area contributed by atoms with Crippen molar-refractivity contribution >= 4 is 25.8 Å². The van der Waals surface area contributed by atoms with Gasteiger partial charge in [-0.15, -0.1) is 0 Å². The van der Waals surface area contributed by atoms with Gasteiger partial charge in [0.1, 0.15) is 0 Å². The van der Waals surface area contributed by atoms with E-state index >= 15 is 0 Å². The van der Waals surface area contributed by atoms with E-state index in [4.69, 9.17) is 0 Å². The van der Waals surface area contributed by atoms with E-state index in [1.807, 2.05) is 0 Å². The van der Waals surface area contributed by atoms with E-state index in [2.05, 4.69) is 15.9 Å². The highest BCUT2D eigenvalue weighted by molar-refractivity contribution is 9.10. The molecule has 0 saturated heterocycles. The van der Waals surface area contributed by atoms with E-state index in [0.717, 1.165) is 4.47 Å². The molecule has 5 heteroatoms. The molecule has 100 valence electrons. The molecule has 0 aromatic heterocycles. The normalized spacial score (nSPS) is 14.9. The van der Waals surface area contributed by atoms with Crippen molar-refractivity contribution in [2.45, 2.75) is 16.8 Å². The van der Waals surface area contributed by atoms with Crippen molar-refractivity contribution < 1.29 is 13.5 Å². The molecule has 1 N–H and O–H groups in total. The van der Waals surface area contributed by atoms with Gasteiger partial charge in [0, 0.05) is 4.47 Å². The summed E-state index contributed by atoms with van der Waals surface area (Å²) in [5.41, 5.74) is 0.333. The van der Waals surface area contributed by atoms with Crippen LogP contribution >= 0.6 is 15.9 Å². The smallest absolute Gasteiger partial charge is 0.211 e. The lowest BCUT2D eigenvalue weighted by Crippen LogP contribution is -2.32. The van der Waals surface area contributed by atoms with Crippen molar-refractivity contribution in [1.29, 1.82) is 0 Å². The first-order valence-electron chi connectivity index (χ1n) is 5.64. The summed E-state index contributed by atoms with van der Waals surface area (Å²) in [7, 11) is -3.86. The Bertz CT molecular complexity index is 662. The van der Waals surface area contributed by atoms with E-state index in [-0.39, 0.29) is 4.90 Å². The number of rotatable bonds is 3. The first-order chi connectivity index (χ1) is 8.85. The van der Waals surface area contributed by atoms with E-state index in [9.17, 15) is 13.5 Å². The quantitative estimate of drug-likeness (QED) is 0.933. The summed E-state index contributed by atoms with van der Waals surface area (Å²) in [6.45, 7) is 1.29. The van der Waals surface area contributed by atoms with E-state index in [1.165, 1.54) is 19.1 Å². The summed E-state index contributed by atoms with van der Waals surface area (Å²) in [5, 5.41) is 10.5. The Morgan fingerprint density at radius 2 is 1.53 bits per heavy atom. The molecule has 0 radical (unpaired) electrons. The van der Waals surface area contributed by atoms with Crippen LogP contribution in [0.15, 0.2) is 64.0 Å². The molecule has 0 bridgehead atoms. The predicted molar refractivity (Wildman–Crippen MR) is 77.3 cm³/mol. The lowest BCUT2D eigenvalue weighted by atomic mass is 10.1. The van der Waals surface area contributed by atoms with Gasteiger partial charge in [0.25, 0.3) is 0 Å². The molecule has 0 aliphatic heterocycles. The Balaban J connectivity index is 2.53. The van der Waals surface area contributed by atoms with E-state index in [1.54, 1.807) is 42.5 Å². The molecule has 1 atom stereocenters. The molecule has 0 fully saturated rings. The molecule has 0 saturated carbocycles. The fourth-order valence-electron chi connectivity index (χ4n) is 1.74. The van der Waals surface area contributed by atoms with Crippen LogP contribution < -0.4 is 0 Å². The van der Waals surface area contributed by atoms with Crippen LogP contribution in [0.2, 0.25) is 0 Å². The van der Waals surface area contributed by atoms with Crippen LogP contribution in [-0.2, 0) is 14.8 Å². The highest BCUT2D eigenvalue weighted by Gasteiger charge is 2.39. The van der Waals surface area contributed by atoms with Gasteiger partial charge in [-0.2, -0.15) is 0 Å². The Morgan fingerprint density at radius 1 is 1.00 bits per heavy atom. The fourth-order valence-corrected chi connectivity index (χ4v) is 3.43. The standard InChI is InChI=1S/C14H13BrO3S/c1-14(16,11-7-9-12(15)10-8-11)19(17,18)13-5-3-2-4-6-13/h2-10,16H,1H3. The second-order valence-corrected chi connectivity index (χ2v) is 7.50. The van der Waals surface area contributed by atoms with Gasteiger partial charge in [0.15, 0.2) is 4.93 Å². The summed E-state index contributed by atoms with van der Waals surface area (Å²) in [6.07, 6.45) is 0. The molecule has 2 aromatic rings. The molecule has 1 unspecified atom stereocenters. The molecule has 2 aromatic carbocycles. The summed E-state index contributed by atoms with van der Waals surface area (Å²) < 4.78 is 25.8. The summed E-state index contributed by atoms with van der Waals surface area (Å²) in [6, 6.07) is 14.5. The third kappa shape index (κ3) is 2.59. The molecule has 0 aliphatic carbocycles. The molecule has 0 aliphatic rings. The second-order valence-electron chi connectivity index (χ2n) is 4.31. The highest BCUT2D eigenvalue weighted by atomic mass is 79.9. The van der Waals surface area contributed by atoms with E-state index in [0.29, 0.717) is 5.56 Å². The molecule has 0 heterocycles. The molecule has 2 rings (SSSR count). The molecule has 0 amide bonds. The lowest BCUT2D eigenvalue weighted by Gasteiger charge is -2.24. The van der Waals surface area contributed by atoms with Crippen LogP contribution in [0.1, 0.15) is 12.5 Å². The van der Waals surface area contributed by atoms with Crippen LogP contribution in [0.3, 0.4) is 0 Å². The maximum atomic E-state index is 12.5. The summed E-state index contributed by atoms with van der Waals surface area (Å²) >= 11 is 3.28. The predicted octanol–water partition coefficient (Wildman–Crippen LogP) is 3.09. The zero-order valence-corrected chi connectivity index (χ0v) is 12.6. The van der Waals surface area contributed by atoms with Gasteiger partial charge in [-0.1, -0.05) is 46.3 Å². The van der Waals surface area contributed by atoms with Gasteiger partial charge >= 0.3 is 0 Å². The van der Waals surface area contributed by atoms with Gasteiger partial charge in [0.05, 0.1) is 4.90 Å². The third-order valence-electron chi connectivity index (χ3n) is 2.96. The van der Waals surface area contributed by atoms with Crippen LogP contribution in [0.4, 0.5) is 0 Å². The van der Waals surface area contributed by atoms with Crippen molar-refractivity contribution in [2.75, 3.05) is 0 Å². The maximum Gasteiger partial charge on any atom is 0.211 e. The van der Waals surface area contributed by atoms with Crippen LogP contribution in [0.25, 0.3) is 0 Å². The average Bonchev–Trinajstić information content (AvgIpc) is 2.40. The first-order valence-corrected chi connectivity index (χ1v) is 7.91. The monoisotopic (exact) mass is 340 g/mol. The number of aliphatic hydroxyl groups is 1. The largest absolute Gasteiger partial charge is 0.371 e. The minimum Gasteiger partial charge on any atom is -0.371 e. The van der Waals surface area contributed by atoms with Crippen molar-refractivity contribution in [1.82, 2.24) is 0 Å². The summed E-state index contributed by atoms with van der Waals surface area (Å²) in [5.74, 6) is 0. The topological polar surface area (TPSA) is 54.4 Å². The number of halogens is 1. The Kier molecular flexibility index (Phi) is 3.80. The van der Waals surface area contributed by atoms with Gasteiger partial charge in [-0.05, 0) is 36.8 Å².